The van der Waals surface area contributed by atoms with Gasteiger partial charge >= 0.3 is 0 Å². The summed E-state index contributed by atoms with van der Waals surface area (Å²) >= 11 is 4.60. The van der Waals surface area contributed by atoms with Gasteiger partial charge in [-0.25, -0.2) is 0 Å². The maximum Gasteiger partial charge on any atom is 0.0308 e. The Labute approximate surface area is 79.2 Å². The van der Waals surface area contributed by atoms with Crippen LogP contribution in [0.25, 0.3) is 0 Å². The molecule has 0 heterocycles. The summed E-state index contributed by atoms with van der Waals surface area (Å²) in [6.45, 7) is 3.44. The molecule has 8 heavy (non-hydrogen) atoms. The lowest BCUT2D eigenvalue weighted by Crippen LogP contribution is -1.96. The van der Waals surface area contributed by atoms with Crippen LogP contribution in [0.5, 0.6) is 0 Å². The first kappa shape index (κ1) is 9.42. The molecule has 0 spiro atoms. The fraction of sp³-hybridized carbons (Fsp3) is 1.00. The molecule has 3 heteroatoms. The molecule has 0 aromatic rings. The van der Waals surface area contributed by atoms with Crippen LogP contribution in [-0.4, -0.2) is 7.87 Å². The molecule has 0 atom stereocenters. The second-order valence-corrected chi connectivity index (χ2v) is 5.91. The van der Waals surface area contributed by atoms with Crippen LogP contribution in [0.3, 0.4) is 0 Å². The van der Waals surface area contributed by atoms with E-state index >= 15 is 0 Å². The SMILES string of the molecule is CCCCCN(I)I. The average Bonchev–Trinajstić information content (AvgIpc) is 1.66. The van der Waals surface area contributed by atoms with Crippen molar-refractivity contribution in [1.29, 1.82) is 0 Å². The van der Waals surface area contributed by atoms with Gasteiger partial charge in [0.2, 0.25) is 0 Å². The molecule has 0 bridgehead atoms. The van der Waals surface area contributed by atoms with Crippen molar-refractivity contribution in [3.05, 3.63) is 0 Å². The zero-order chi connectivity index (χ0) is 6.41. The van der Waals surface area contributed by atoms with E-state index < -0.39 is 0 Å². The molecule has 0 aromatic carbocycles. The highest BCUT2D eigenvalue weighted by atomic mass is 127. The summed E-state index contributed by atoms with van der Waals surface area (Å²) < 4.78 is 2.17. The van der Waals surface area contributed by atoms with Crippen molar-refractivity contribution in [2.75, 3.05) is 6.54 Å². The molecule has 0 saturated heterocycles. The van der Waals surface area contributed by atoms with Crippen molar-refractivity contribution in [2.24, 2.45) is 0 Å². The Morgan fingerprint density at radius 2 is 1.88 bits per heavy atom. The Hall–Kier alpha value is 1.42. The van der Waals surface area contributed by atoms with Gasteiger partial charge in [0.05, 0.1) is 0 Å². The van der Waals surface area contributed by atoms with Crippen LogP contribution in [0.4, 0.5) is 0 Å². The third-order valence-corrected chi connectivity index (χ3v) is 1.90. The smallest absolute Gasteiger partial charge is 0.0308 e. The standard InChI is InChI=1S/C5H11I2N/c1-2-3-4-5-8(6)7/h2-5H2,1H3. The second-order valence-electron chi connectivity index (χ2n) is 1.73. The number of hydrogen-bond donors (Lipinski definition) is 0. The van der Waals surface area contributed by atoms with E-state index in [1.165, 1.54) is 25.8 Å². The van der Waals surface area contributed by atoms with Gasteiger partial charge in [0, 0.05) is 52.3 Å². The Bertz CT molecular complexity index is 47.7. The van der Waals surface area contributed by atoms with Crippen LogP contribution < -0.4 is 0 Å². The third-order valence-electron chi connectivity index (χ3n) is 0.931. The monoisotopic (exact) mass is 339 g/mol. The van der Waals surface area contributed by atoms with Gasteiger partial charge in [0.25, 0.3) is 0 Å². The predicted octanol–water partition coefficient (Wildman–Crippen LogP) is 3.18. The summed E-state index contributed by atoms with van der Waals surface area (Å²) in [4.78, 5) is 0. The van der Waals surface area contributed by atoms with Crippen molar-refractivity contribution in [3.8, 4) is 0 Å². The van der Waals surface area contributed by atoms with Gasteiger partial charge < -0.3 is 0 Å². The summed E-state index contributed by atoms with van der Waals surface area (Å²) in [7, 11) is 0. The Kier molecular flexibility index (Phi) is 7.70. The Morgan fingerprint density at radius 3 is 2.25 bits per heavy atom. The number of rotatable bonds is 4. The molecular formula is C5H11I2N. The van der Waals surface area contributed by atoms with Crippen LogP contribution in [-0.2, 0) is 0 Å². The van der Waals surface area contributed by atoms with Gasteiger partial charge in [-0.05, 0) is 6.42 Å². The van der Waals surface area contributed by atoms with Crippen molar-refractivity contribution in [1.82, 2.24) is 1.33 Å². The molecular weight excluding hydrogens is 328 g/mol. The molecule has 0 aromatic heterocycles. The lowest BCUT2D eigenvalue weighted by molar-refractivity contribution is 0.666. The Morgan fingerprint density at radius 1 is 1.25 bits per heavy atom. The lowest BCUT2D eigenvalue weighted by Gasteiger charge is -2.01. The number of hydrogen-bond acceptors (Lipinski definition) is 1. The third kappa shape index (κ3) is 7.42. The fourth-order valence-electron chi connectivity index (χ4n) is 0.481. The molecule has 0 aliphatic heterocycles. The summed E-state index contributed by atoms with van der Waals surface area (Å²) in [6, 6.07) is 0. The molecule has 0 fully saturated rings. The zero-order valence-corrected chi connectivity index (χ0v) is 9.35. The summed E-state index contributed by atoms with van der Waals surface area (Å²) in [6.07, 6.45) is 4.02. The van der Waals surface area contributed by atoms with Gasteiger partial charge in [0.1, 0.15) is 0 Å². The van der Waals surface area contributed by atoms with Crippen LogP contribution >= 0.6 is 45.7 Å². The number of nitrogens with zero attached hydrogens (tertiary/aromatic N) is 1. The topological polar surface area (TPSA) is 3.24 Å². The zero-order valence-electron chi connectivity index (χ0n) is 5.03. The van der Waals surface area contributed by atoms with E-state index in [0.717, 1.165) is 0 Å². The van der Waals surface area contributed by atoms with E-state index in [0.29, 0.717) is 0 Å². The Balaban J connectivity index is 2.72. The minimum atomic E-state index is 1.22. The molecule has 0 aliphatic carbocycles. The molecule has 0 unspecified atom stereocenters. The molecule has 1 nitrogen and oxygen atoms in total. The van der Waals surface area contributed by atoms with Crippen LogP contribution in [0.2, 0.25) is 0 Å². The van der Waals surface area contributed by atoms with Crippen molar-refractivity contribution in [2.45, 2.75) is 26.2 Å². The minimum absolute atomic E-state index is 1.22. The fourth-order valence-corrected chi connectivity index (χ4v) is 1.16. The van der Waals surface area contributed by atoms with Gasteiger partial charge in [-0.3, -0.25) is 0 Å². The van der Waals surface area contributed by atoms with Gasteiger partial charge in [-0.15, -0.1) is 0 Å². The molecule has 0 rings (SSSR count). The highest BCUT2D eigenvalue weighted by Crippen LogP contribution is 2.08. The summed E-state index contributed by atoms with van der Waals surface area (Å²) in [5, 5.41) is 0. The highest BCUT2D eigenvalue weighted by molar-refractivity contribution is 14.2. The van der Waals surface area contributed by atoms with Gasteiger partial charge in [-0.1, -0.05) is 19.8 Å². The van der Waals surface area contributed by atoms with E-state index in [-0.39, 0.29) is 0 Å². The first-order chi connectivity index (χ1) is 3.77. The summed E-state index contributed by atoms with van der Waals surface area (Å²) in [5.41, 5.74) is 0. The molecule has 50 valence electrons. The predicted molar refractivity (Wildman–Crippen MR) is 54.3 cm³/mol. The normalized spacial score (nSPS) is 10.5. The first-order valence-corrected chi connectivity index (χ1v) is 4.79. The highest BCUT2D eigenvalue weighted by Gasteiger charge is 1.90. The van der Waals surface area contributed by atoms with E-state index in [1.54, 1.807) is 0 Å². The maximum atomic E-state index is 2.30. The molecule has 0 radical (unpaired) electrons. The van der Waals surface area contributed by atoms with E-state index in [2.05, 4.69) is 54.0 Å². The lowest BCUT2D eigenvalue weighted by atomic mass is 10.3. The largest absolute Gasteiger partial charge is 0.189 e. The van der Waals surface area contributed by atoms with Gasteiger partial charge in [-0.2, -0.15) is 1.33 Å². The number of unbranched alkanes of at least 4 members (excludes halogenated alkanes) is 2. The molecule has 0 amide bonds. The second kappa shape index (κ2) is 6.54. The quantitative estimate of drug-likeness (QED) is 0.432. The van der Waals surface area contributed by atoms with Gasteiger partial charge in [0.15, 0.2) is 0 Å². The van der Waals surface area contributed by atoms with Crippen molar-refractivity contribution >= 4 is 45.7 Å². The summed E-state index contributed by atoms with van der Waals surface area (Å²) in [5.74, 6) is 0. The average molecular weight is 339 g/mol. The first-order valence-electron chi connectivity index (χ1n) is 2.86. The maximum absolute atomic E-state index is 2.30. The molecule has 0 aliphatic rings. The van der Waals surface area contributed by atoms with Crippen molar-refractivity contribution < 1.29 is 0 Å². The van der Waals surface area contributed by atoms with Crippen LogP contribution in [0.15, 0.2) is 0 Å². The van der Waals surface area contributed by atoms with E-state index in [4.69, 9.17) is 0 Å². The minimum Gasteiger partial charge on any atom is -0.189 e. The number of halogens is 2. The molecule has 0 saturated carbocycles. The van der Waals surface area contributed by atoms with E-state index in [1.807, 2.05) is 0 Å². The van der Waals surface area contributed by atoms with Crippen LogP contribution in [0, 0.1) is 0 Å². The molecule has 0 N–H and O–H groups in total. The van der Waals surface area contributed by atoms with E-state index in [9.17, 15) is 0 Å². The van der Waals surface area contributed by atoms with Crippen LogP contribution in [0.1, 0.15) is 26.2 Å². The van der Waals surface area contributed by atoms with Crippen molar-refractivity contribution in [3.63, 3.8) is 0 Å².